The van der Waals surface area contributed by atoms with Crippen LogP contribution in [0.4, 0.5) is 0 Å². The van der Waals surface area contributed by atoms with Crippen LogP contribution < -0.4 is 5.32 Å². The van der Waals surface area contributed by atoms with Crippen molar-refractivity contribution in [1.29, 1.82) is 0 Å². The van der Waals surface area contributed by atoms with Crippen LogP contribution in [0.2, 0.25) is 0 Å². The number of piperidine rings is 1. The minimum atomic E-state index is -0.577. The Bertz CT molecular complexity index is 614. The van der Waals surface area contributed by atoms with Gasteiger partial charge in [0.2, 0.25) is 0 Å². The van der Waals surface area contributed by atoms with Crippen molar-refractivity contribution in [1.82, 2.24) is 5.32 Å². The van der Waals surface area contributed by atoms with Crippen LogP contribution in [0.15, 0.2) is 0 Å². The molecule has 1 unspecified atom stereocenters. The van der Waals surface area contributed by atoms with Gasteiger partial charge in [-0.2, -0.15) is 0 Å². The number of hydrogen-bond acceptors (Lipinski definition) is 3. The van der Waals surface area contributed by atoms with Gasteiger partial charge in [0.15, 0.2) is 0 Å². The molecule has 1 aliphatic heterocycles. The maximum Gasteiger partial charge on any atom is 0.0805 e. The van der Waals surface area contributed by atoms with E-state index < -0.39 is 5.60 Å². The van der Waals surface area contributed by atoms with Gasteiger partial charge in [0.1, 0.15) is 0 Å². The van der Waals surface area contributed by atoms with E-state index in [9.17, 15) is 10.2 Å². The Kier molecular flexibility index (Phi) is 5.16. The third kappa shape index (κ3) is 3.08. The van der Waals surface area contributed by atoms with Gasteiger partial charge in [-0.05, 0) is 125 Å². The number of aliphatic hydroxyl groups excluding tert-OH is 1. The summed E-state index contributed by atoms with van der Waals surface area (Å²) in [4.78, 5) is 0. The van der Waals surface area contributed by atoms with Crippen molar-refractivity contribution in [2.75, 3.05) is 6.54 Å². The fourth-order valence-electron chi connectivity index (χ4n) is 9.79. The highest BCUT2D eigenvalue weighted by Gasteiger charge is 2.63. The first kappa shape index (κ1) is 20.8. The minimum Gasteiger partial charge on any atom is -0.393 e. The number of nitrogens with one attached hydrogen (secondary N) is 1. The lowest BCUT2D eigenvalue weighted by Gasteiger charge is -2.61. The third-order valence-electron chi connectivity index (χ3n) is 11.4. The summed E-state index contributed by atoms with van der Waals surface area (Å²) in [5, 5.41) is 25.8. The first-order valence-electron chi connectivity index (χ1n) is 12.9. The van der Waals surface area contributed by atoms with Crippen molar-refractivity contribution >= 4 is 0 Å². The van der Waals surface area contributed by atoms with E-state index in [0.717, 1.165) is 49.5 Å². The van der Waals surface area contributed by atoms with Crippen molar-refractivity contribution < 1.29 is 10.2 Å². The summed E-state index contributed by atoms with van der Waals surface area (Å²) in [5.41, 5.74) is 0.184. The molecule has 0 radical (unpaired) electrons. The Morgan fingerprint density at radius 1 is 0.862 bits per heavy atom. The van der Waals surface area contributed by atoms with Crippen LogP contribution in [-0.4, -0.2) is 34.5 Å². The van der Waals surface area contributed by atoms with Gasteiger partial charge in [-0.3, -0.25) is 0 Å². The van der Waals surface area contributed by atoms with Gasteiger partial charge in [0.25, 0.3) is 0 Å². The average Bonchev–Trinajstić information content (AvgIpc) is 3.07. The second-order valence-corrected chi connectivity index (χ2v) is 12.5. The zero-order valence-electron chi connectivity index (χ0n) is 19.1. The zero-order valence-corrected chi connectivity index (χ0v) is 19.1. The summed E-state index contributed by atoms with van der Waals surface area (Å²) in [7, 11) is 0. The Balaban J connectivity index is 1.38. The molecule has 0 spiro atoms. The van der Waals surface area contributed by atoms with Gasteiger partial charge >= 0.3 is 0 Å². The normalized spacial score (nSPS) is 54.7. The van der Waals surface area contributed by atoms with Crippen molar-refractivity contribution in [2.24, 2.45) is 40.4 Å². The second-order valence-electron chi connectivity index (χ2n) is 12.5. The summed E-state index contributed by atoms with van der Waals surface area (Å²) in [6.07, 6.45) is 14.8. The van der Waals surface area contributed by atoms with Gasteiger partial charge in [-0.25, -0.2) is 0 Å². The topological polar surface area (TPSA) is 52.5 Å². The van der Waals surface area contributed by atoms with Crippen LogP contribution in [0.1, 0.15) is 97.8 Å². The molecule has 5 rings (SSSR count). The zero-order chi connectivity index (χ0) is 20.4. The fraction of sp³-hybridized carbons (Fsp3) is 1.00. The molecule has 10 atom stereocenters. The molecule has 0 amide bonds. The van der Waals surface area contributed by atoms with Crippen molar-refractivity contribution in [3.05, 3.63) is 0 Å². The maximum absolute atomic E-state index is 11.8. The molecule has 5 aliphatic rings. The predicted octanol–water partition coefficient (Wildman–Crippen LogP) is 4.90. The summed E-state index contributed by atoms with van der Waals surface area (Å²) in [5.74, 6) is 3.68. The van der Waals surface area contributed by atoms with Crippen LogP contribution in [0.25, 0.3) is 0 Å². The molecule has 3 nitrogen and oxygen atoms in total. The van der Waals surface area contributed by atoms with E-state index in [1.165, 1.54) is 57.8 Å². The summed E-state index contributed by atoms with van der Waals surface area (Å²) < 4.78 is 0. The van der Waals surface area contributed by atoms with Gasteiger partial charge in [0, 0.05) is 6.04 Å². The molecule has 4 saturated carbocycles. The van der Waals surface area contributed by atoms with E-state index in [-0.39, 0.29) is 12.1 Å². The average molecular weight is 404 g/mol. The Morgan fingerprint density at radius 3 is 2.38 bits per heavy atom. The second kappa shape index (κ2) is 7.20. The highest BCUT2D eigenvalue weighted by atomic mass is 16.3. The van der Waals surface area contributed by atoms with Gasteiger partial charge in [0.05, 0.1) is 11.7 Å². The van der Waals surface area contributed by atoms with Crippen LogP contribution >= 0.6 is 0 Å². The highest BCUT2D eigenvalue weighted by Crippen LogP contribution is 2.68. The van der Waals surface area contributed by atoms with E-state index in [4.69, 9.17) is 0 Å². The summed E-state index contributed by atoms with van der Waals surface area (Å²) in [6.45, 7) is 8.38. The minimum absolute atomic E-state index is 0.0487. The first-order chi connectivity index (χ1) is 13.8. The number of hydrogen-bond donors (Lipinski definition) is 3. The van der Waals surface area contributed by atoms with E-state index in [1.807, 2.05) is 0 Å². The molecule has 5 fully saturated rings. The lowest BCUT2D eigenvalue weighted by Crippen LogP contribution is -2.60. The SMILES string of the molecule is C[C@]12CC[C@H](O)C[C@@H]1CC[C@@H]1[C@@H]2CC[C@@]2(C)[C@H]1CC[C@@H]2[C@@](C)(O)C1CCCCN1. The fourth-order valence-corrected chi connectivity index (χ4v) is 9.79. The number of fused-ring (bicyclic) bond motifs is 5. The molecule has 3 heteroatoms. The largest absolute Gasteiger partial charge is 0.393 e. The molecule has 0 bridgehead atoms. The smallest absolute Gasteiger partial charge is 0.0805 e. The number of aliphatic hydroxyl groups is 2. The molecule has 0 aromatic carbocycles. The molecule has 1 saturated heterocycles. The van der Waals surface area contributed by atoms with Crippen molar-refractivity contribution in [2.45, 2.75) is 116 Å². The van der Waals surface area contributed by atoms with E-state index in [2.05, 4.69) is 26.1 Å². The quantitative estimate of drug-likeness (QED) is 0.615. The molecule has 29 heavy (non-hydrogen) atoms. The van der Waals surface area contributed by atoms with Crippen molar-refractivity contribution in [3.63, 3.8) is 0 Å². The summed E-state index contributed by atoms with van der Waals surface area (Å²) in [6, 6.07) is 0.280. The van der Waals surface area contributed by atoms with E-state index in [1.54, 1.807) is 0 Å². The van der Waals surface area contributed by atoms with Gasteiger partial charge < -0.3 is 15.5 Å². The molecule has 3 N–H and O–H groups in total. The standard InChI is InChI=1S/C26H45NO2/c1-24-13-11-18(28)16-17(24)7-8-19-20-9-10-22(25(20,2)14-12-21(19)24)26(3,29)23-6-4-5-15-27-23/h17-23,27-29H,4-16H2,1-3H3/t17-,18-,19-,20-,21-,22-,23?,24-,25-,26+/m0/s1. The molecular formula is C26H45NO2. The van der Waals surface area contributed by atoms with E-state index in [0.29, 0.717) is 16.7 Å². The van der Waals surface area contributed by atoms with E-state index >= 15 is 0 Å². The summed E-state index contributed by atoms with van der Waals surface area (Å²) >= 11 is 0. The molecule has 0 aromatic heterocycles. The van der Waals surface area contributed by atoms with Crippen LogP contribution in [0, 0.1) is 40.4 Å². The van der Waals surface area contributed by atoms with Crippen molar-refractivity contribution in [3.8, 4) is 0 Å². The molecule has 1 heterocycles. The Morgan fingerprint density at radius 2 is 1.62 bits per heavy atom. The van der Waals surface area contributed by atoms with Crippen LogP contribution in [0.3, 0.4) is 0 Å². The van der Waals surface area contributed by atoms with Gasteiger partial charge in [-0.1, -0.05) is 20.3 Å². The highest BCUT2D eigenvalue weighted by molar-refractivity contribution is 5.13. The van der Waals surface area contributed by atoms with Gasteiger partial charge in [-0.15, -0.1) is 0 Å². The predicted molar refractivity (Wildman–Crippen MR) is 117 cm³/mol. The first-order valence-corrected chi connectivity index (χ1v) is 12.9. The Labute approximate surface area is 178 Å². The molecule has 0 aromatic rings. The Hall–Kier alpha value is -0.120. The third-order valence-corrected chi connectivity index (χ3v) is 11.4. The lowest BCUT2D eigenvalue weighted by atomic mass is 9.44. The molecular weight excluding hydrogens is 358 g/mol. The lowest BCUT2D eigenvalue weighted by molar-refractivity contribution is -0.149. The molecule has 4 aliphatic carbocycles. The number of rotatable bonds is 2. The molecule has 166 valence electrons. The van der Waals surface area contributed by atoms with Crippen LogP contribution in [-0.2, 0) is 0 Å². The van der Waals surface area contributed by atoms with Crippen LogP contribution in [0.5, 0.6) is 0 Å². The maximum atomic E-state index is 11.8. The monoisotopic (exact) mass is 403 g/mol.